The molecule has 2 unspecified atom stereocenters. The fourth-order valence-corrected chi connectivity index (χ4v) is 4.16. The number of carbonyl (C=O) groups excluding carboxylic acids is 1. The Bertz CT molecular complexity index is 731. The average Bonchev–Trinajstić information content (AvgIpc) is 3.10. The van der Waals surface area contributed by atoms with E-state index in [1.807, 2.05) is 24.3 Å². The summed E-state index contributed by atoms with van der Waals surface area (Å²) in [5, 5.41) is 0. The van der Waals surface area contributed by atoms with Gasteiger partial charge in [-0.05, 0) is 12.5 Å². The molecule has 0 saturated carbocycles. The molecule has 2 aliphatic rings. The van der Waals surface area contributed by atoms with Gasteiger partial charge in [-0.15, -0.1) is 0 Å². The lowest BCUT2D eigenvalue weighted by Crippen LogP contribution is -2.54. The quantitative estimate of drug-likeness (QED) is 0.759. The number of rotatable bonds is 4. The molecule has 0 aliphatic carbocycles. The van der Waals surface area contributed by atoms with Gasteiger partial charge < -0.3 is 9.64 Å². The molecule has 25 heavy (non-hydrogen) atoms. The van der Waals surface area contributed by atoms with Crippen LogP contribution in [-0.4, -0.2) is 69.1 Å². The van der Waals surface area contributed by atoms with Gasteiger partial charge in [0.05, 0.1) is 19.4 Å². The molecule has 0 bridgehead atoms. The molecule has 3 rings (SSSR count). The Morgan fingerprint density at radius 1 is 1.16 bits per heavy atom. The molecular weight excluding hydrogens is 344 g/mol. The summed E-state index contributed by atoms with van der Waals surface area (Å²) >= 11 is 0. The first-order valence-corrected chi connectivity index (χ1v) is 10.1. The van der Waals surface area contributed by atoms with E-state index in [0.717, 1.165) is 11.3 Å². The van der Waals surface area contributed by atoms with Crippen molar-refractivity contribution in [3.05, 3.63) is 29.8 Å². The van der Waals surface area contributed by atoms with Crippen LogP contribution in [0, 0.1) is 0 Å². The zero-order valence-corrected chi connectivity index (χ0v) is 15.3. The van der Waals surface area contributed by atoms with Crippen molar-refractivity contribution in [1.29, 1.82) is 0 Å². The van der Waals surface area contributed by atoms with Crippen LogP contribution in [0.1, 0.15) is 18.0 Å². The maximum atomic E-state index is 12.7. The number of methoxy groups -OCH3 is 1. The summed E-state index contributed by atoms with van der Waals surface area (Å²) in [4.78, 5) is 14.4. The van der Waals surface area contributed by atoms with Gasteiger partial charge in [-0.3, -0.25) is 4.79 Å². The lowest BCUT2D eigenvalue weighted by atomic mass is 10.0. The van der Waals surface area contributed by atoms with Crippen LogP contribution >= 0.6 is 0 Å². The van der Waals surface area contributed by atoms with Gasteiger partial charge in [-0.1, -0.05) is 18.2 Å². The van der Waals surface area contributed by atoms with Gasteiger partial charge in [-0.2, -0.15) is 4.31 Å². The highest BCUT2D eigenvalue weighted by atomic mass is 32.2. The lowest BCUT2D eigenvalue weighted by Gasteiger charge is -2.34. The topological polar surface area (TPSA) is 91.0 Å². The fraction of sp³-hybridized carbons (Fsp3) is 0.562. The van der Waals surface area contributed by atoms with Crippen molar-refractivity contribution in [2.45, 2.75) is 18.5 Å². The van der Waals surface area contributed by atoms with Crippen molar-refractivity contribution in [2.24, 2.45) is 0 Å². The third-order valence-corrected chi connectivity index (χ3v) is 6.04. The van der Waals surface area contributed by atoms with E-state index < -0.39 is 10.0 Å². The van der Waals surface area contributed by atoms with Crippen LogP contribution in [0.4, 0.5) is 0 Å². The highest BCUT2D eigenvalue weighted by Crippen LogP contribution is 2.30. The van der Waals surface area contributed by atoms with Crippen molar-refractivity contribution in [2.75, 3.05) is 39.5 Å². The second-order valence-electron chi connectivity index (χ2n) is 6.36. The SMILES string of the molecule is COc1ccccc1C1CC(C(=O)N2CCN(S(C)(=O)=O)CC2)NN1. The Balaban J connectivity index is 1.60. The van der Waals surface area contributed by atoms with E-state index in [4.69, 9.17) is 4.74 Å². The van der Waals surface area contributed by atoms with Crippen molar-refractivity contribution >= 4 is 15.9 Å². The monoisotopic (exact) mass is 368 g/mol. The first kappa shape index (κ1) is 18.1. The van der Waals surface area contributed by atoms with Crippen LogP contribution in [0.15, 0.2) is 24.3 Å². The maximum absolute atomic E-state index is 12.7. The number of nitrogens with zero attached hydrogens (tertiary/aromatic N) is 2. The predicted octanol–water partition coefficient (Wildman–Crippen LogP) is -0.293. The number of sulfonamides is 1. The van der Waals surface area contributed by atoms with Gasteiger partial charge in [0, 0.05) is 31.7 Å². The number of nitrogens with one attached hydrogen (secondary N) is 2. The molecular formula is C16H24N4O4S. The van der Waals surface area contributed by atoms with E-state index in [1.54, 1.807) is 12.0 Å². The number of piperazine rings is 1. The van der Waals surface area contributed by atoms with E-state index >= 15 is 0 Å². The van der Waals surface area contributed by atoms with Crippen LogP contribution in [0.25, 0.3) is 0 Å². The van der Waals surface area contributed by atoms with Crippen LogP contribution in [0.3, 0.4) is 0 Å². The number of amides is 1. The minimum atomic E-state index is -3.19. The number of hydrogen-bond acceptors (Lipinski definition) is 6. The normalized spacial score (nSPS) is 25.1. The second-order valence-corrected chi connectivity index (χ2v) is 8.34. The van der Waals surface area contributed by atoms with Crippen molar-refractivity contribution in [3.63, 3.8) is 0 Å². The summed E-state index contributed by atoms with van der Waals surface area (Å²) in [6.45, 7) is 1.54. The molecule has 1 aromatic rings. The Morgan fingerprint density at radius 2 is 1.84 bits per heavy atom. The van der Waals surface area contributed by atoms with E-state index in [1.165, 1.54) is 10.6 Å². The largest absolute Gasteiger partial charge is 0.496 e. The molecule has 2 N–H and O–H groups in total. The molecule has 1 aromatic carbocycles. The Kier molecular flexibility index (Phi) is 5.28. The fourth-order valence-electron chi connectivity index (χ4n) is 3.34. The molecule has 9 heteroatoms. The number of carbonyl (C=O) groups is 1. The Labute approximate surface area is 148 Å². The molecule has 8 nitrogen and oxygen atoms in total. The standard InChI is InChI=1S/C16H24N4O4S/c1-24-15-6-4-3-5-12(15)13-11-14(18-17-13)16(21)19-7-9-20(10-8-19)25(2,22)23/h3-6,13-14,17-18H,7-11H2,1-2H3. The first-order chi connectivity index (χ1) is 11.9. The van der Waals surface area contributed by atoms with Crippen LogP contribution in [-0.2, 0) is 14.8 Å². The summed E-state index contributed by atoms with van der Waals surface area (Å²) in [7, 11) is -1.56. The van der Waals surface area contributed by atoms with Gasteiger partial charge in [0.1, 0.15) is 11.8 Å². The molecule has 2 heterocycles. The van der Waals surface area contributed by atoms with Crippen LogP contribution in [0.5, 0.6) is 5.75 Å². The molecule has 2 saturated heterocycles. The van der Waals surface area contributed by atoms with Gasteiger partial charge in [0.15, 0.2) is 0 Å². The van der Waals surface area contributed by atoms with Gasteiger partial charge in [0.25, 0.3) is 0 Å². The number of hydrogen-bond donors (Lipinski definition) is 2. The Morgan fingerprint density at radius 3 is 2.48 bits per heavy atom. The molecule has 138 valence electrons. The van der Waals surface area contributed by atoms with E-state index in [0.29, 0.717) is 32.6 Å². The lowest BCUT2D eigenvalue weighted by molar-refractivity contribution is -0.134. The van der Waals surface area contributed by atoms with Gasteiger partial charge in [0.2, 0.25) is 15.9 Å². The number of hydrazine groups is 1. The summed E-state index contributed by atoms with van der Waals surface area (Å²) in [5.41, 5.74) is 7.24. The van der Waals surface area contributed by atoms with Gasteiger partial charge >= 0.3 is 0 Å². The molecule has 0 aromatic heterocycles. The van der Waals surface area contributed by atoms with Gasteiger partial charge in [-0.25, -0.2) is 19.3 Å². The maximum Gasteiger partial charge on any atom is 0.241 e. The molecule has 1 amide bonds. The average molecular weight is 368 g/mol. The Hall–Kier alpha value is -1.68. The van der Waals surface area contributed by atoms with Crippen LogP contribution < -0.4 is 15.6 Å². The van der Waals surface area contributed by atoms with E-state index in [9.17, 15) is 13.2 Å². The second kappa shape index (κ2) is 7.28. The summed E-state index contributed by atoms with van der Waals surface area (Å²) in [6.07, 6.45) is 1.82. The molecule has 2 fully saturated rings. The molecule has 0 spiro atoms. The molecule has 2 aliphatic heterocycles. The van der Waals surface area contributed by atoms with Crippen molar-refractivity contribution in [3.8, 4) is 5.75 Å². The van der Waals surface area contributed by atoms with Crippen molar-refractivity contribution < 1.29 is 17.9 Å². The van der Waals surface area contributed by atoms with Crippen LogP contribution in [0.2, 0.25) is 0 Å². The summed E-state index contributed by atoms with van der Waals surface area (Å²) < 4.78 is 29.9. The third-order valence-electron chi connectivity index (χ3n) is 4.73. The number of benzene rings is 1. The van der Waals surface area contributed by atoms with Crippen molar-refractivity contribution in [1.82, 2.24) is 20.1 Å². The first-order valence-electron chi connectivity index (χ1n) is 8.28. The summed E-state index contributed by atoms with van der Waals surface area (Å²) in [6, 6.07) is 7.39. The predicted molar refractivity (Wildman–Crippen MR) is 93.4 cm³/mol. The highest BCUT2D eigenvalue weighted by Gasteiger charge is 2.35. The van der Waals surface area contributed by atoms with E-state index in [2.05, 4.69) is 10.9 Å². The minimum Gasteiger partial charge on any atom is -0.496 e. The number of ether oxygens (including phenoxy) is 1. The van der Waals surface area contributed by atoms with E-state index in [-0.39, 0.29) is 18.0 Å². The number of para-hydroxylation sites is 1. The third kappa shape index (κ3) is 3.95. The highest BCUT2D eigenvalue weighted by molar-refractivity contribution is 7.88. The minimum absolute atomic E-state index is 0.00181. The smallest absolute Gasteiger partial charge is 0.241 e. The molecule has 2 atom stereocenters. The zero-order valence-electron chi connectivity index (χ0n) is 14.4. The zero-order chi connectivity index (χ0) is 18.0. The molecule has 0 radical (unpaired) electrons. The summed E-state index contributed by atoms with van der Waals surface area (Å²) in [5.74, 6) is 0.787.